The Hall–Kier alpha value is -0.520. The first-order chi connectivity index (χ1) is 5.75. The minimum absolute atomic E-state index is 0.545. The molecule has 0 aliphatic carbocycles. The monoisotopic (exact) mass is 166 g/mol. The molecule has 1 aliphatic rings. The first-order valence-electron chi connectivity index (χ1n) is 4.65. The average Bonchev–Trinajstić information content (AvgIpc) is 2.05. The Morgan fingerprint density at radius 1 is 1.67 bits per heavy atom. The van der Waals surface area contributed by atoms with Gasteiger partial charge in [0.15, 0.2) is 0 Å². The van der Waals surface area contributed by atoms with Crippen LogP contribution in [0.4, 0.5) is 0 Å². The van der Waals surface area contributed by atoms with Crippen molar-refractivity contribution in [2.45, 2.75) is 32.4 Å². The van der Waals surface area contributed by atoms with E-state index >= 15 is 0 Å². The Morgan fingerprint density at radius 2 is 2.42 bits per heavy atom. The number of piperazine rings is 1. The molecule has 2 nitrogen and oxygen atoms in total. The second-order valence-corrected chi connectivity index (χ2v) is 3.60. The molecule has 0 aromatic heterocycles. The van der Waals surface area contributed by atoms with Crippen LogP contribution < -0.4 is 5.32 Å². The van der Waals surface area contributed by atoms with Crippen LogP contribution in [0.1, 0.15) is 20.3 Å². The summed E-state index contributed by atoms with van der Waals surface area (Å²) in [6, 6.07) is 1.16. The van der Waals surface area contributed by atoms with Crippen LogP contribution in [0.5, 0.6) is 0 Å². The molecule has 1 rings (SSSR count). The smallest absolute Gasteiger partial charge is 0.0333 e. The maximum atomic E-state index is 5.32. The third-order valence-corrected chi connectivity index (χ3v) is 2.41. The summed E-state index contributed by atoms with van der Waals surface area (Å²) in [4.78, 5) is 2.48. The number of rotatable bonds is 2. The molecule has 0 aromatic carbocycles. The standard InChI is InChI=1S/C10H18N2/c1-4-5-10-8-11-6-7-12(10)9(2)3/h1,9-11H,5-8H2,2-3H3. The quantitative estimate of drug-likeness (QED) is 0.607. The molecule has 68 valence electrons. The van der Waals surface area contributed by atoms with Gasteiger partial charge in [-0.15, -0.1) is 12.3 Å². The first kappa shape index (κ1) is 9.57. The van der Waals surface area contributed by atoms with Crippen molar-refractivity contribution in [3.05, 3.63) is 0 Å². The van der Waals surface area contributed by atoms with Crippen LogP contribution in [-0.4, -0.2) is 36.6 Å². The predicted octanol–water partition coefficient (Wildman–Crippen LogP) is 0.692. The van der Waals surface area contributed by atoms with Crippen molar-refractivity contribution >= 4 is 0 Å². The highest BCUT2D eigenvalue weighted by Gasteiger charge is 2.22. The van der Waals surface area contributed by atoms with E-state index < -0.39 is 0 Å². The average molecular weight is 166 g/mol. The Bertz CT molecular complexity index is 169. The van der Waals surface area contributed by atoms with Crippen molar-refractivity contribution in [1.82, 2.24) is 10.2 Å². The van der Waals surface area contributed by atoms with Gasteiger partial charge >= 0.3 is 0 Å². The number of hydrogen-bond donors (Lipinski definition) is 1. The van der Waals surface area contributed by atoms with Crippen LogP contribution >= 0.6 is 0 Å². The lowest BCUT2D eigenvalue weighted by Gasteiger charge is -2.38. The van der Waals surface area contributed by atoms with Crippen LogP contribution in [0.3, 0.4) is 0 Å². The highest BCUT2D eigenvalue weighted by molar-refractivity contribution is 4.94. The predicted molar refractivity (Wildman–Crippen MR) is 51.9 cm³/mol. The van der Waals surface area contributed by atoms with E-state index in [1.165, 1.54) is 0 Å². The summed E-state index contributed by atoms with van der Waals surface area (Å²) < 4.78 is 0. The zero-order chi connectivity index (χ0) is 8.97. The van der Waals surface area contributed by atoms with Gasteiger partial charge in [0.05, 0.1) is 0 Å². The summed E-state index contributed by atoms with van der Waals surface area (Å²) in [5, 5.41) is 3.37. The molecule has 0 spiro atoms. The molecule has 0 bridgehead atoms. The Balaban J connectivity index is 2.49. The van der Waals surface area contributed by atoms with Gasteiger partial charge in [0.25, 0.3) is 0 Å². The molecule has 2 heteroatoms. The van der Waals surface area contributed by atoms with Crippen LogP contribution in [-0.2, 0) is 0 Å². The molecule has 1 atom stereocenters. The SMILES string of the molecule is C#CCC1CNCCN1C(C)C. The molecule has 12 heavy (non-hydrogen) atoms. The Kier molecular flexibility index (Phi) is 3.58. The zero-order valence-corrected chi connectivity index (χ0v) is 8.01. The highest BCUT2D eigenvalue weighted by atomic mass is 15.2. The second-order valence-electron chi connectivity index (χ2n) is 3.60. The van der Waals surface area contributed by atoms with E-state index in [0.29, 0.717) is 12.1 Å². The largest absolute Gasteiger partial charge is 0.314 e. The lowest BCUT2D eigenvalue weighted by Crippen LogP contribution is -2.53. The number of hydrogen-bond acceptors (Lipinski definition) is 2. The molecule has 1 fully saturated rings. The van der Waals surface area contributed by atoms with Crippen molar-refractivity contribution in [1.29, 1.82) is 0 Å². The summed E-state index contributed by atoms with van der Waals surface area (Å²) >= 11 is 0. The number of nitrogens with one attached hydrogen (secondary N) is 1. The fraction of sp³-hybridized carbons (Fsp3) is 0.800. The van der Waals surface area contributed by atoms with E-state index in [4.69, 9.17) is 6.42 Å². The summed E-state index contributed by atoms with van der Waals surface area (Å²) in [6.45, 7) is 7.73. The summed E-state index contributed by atoms with van der Waals surface area (Å²) in [5.41, 5.74) is 0. The third kappa shape index (κ3) is 2.23. The van der Waals surface area contributed by atoms with Gasteiger partial charge in [-0.05, 0) is 13.8 Å². The highest BCUT2D eigenvalue weighted by Crippen LogP contribution is 2.10. The first-order valence-corrected chi connectivity index (χ1v) is 4.65. The minimum atomic E-state index is 0.545. The van der Waals surface area contributed by atoms with Gasteiger partial charge in [-0.3, -0.25) is 4.90 Å². The van der Waals surface area contributed by atoms with Crippen LogP contribution in [0, 0.1) is 12.3 Å². The molecule has 0 amide bonds. The summed E-state index contributed by atoms with van der Waals surface area (Å²) in [7, 11) is 0. The van der Waals surface area contributed by atoms with Crippen LogP contribution in [0.2, 0.25) is 0 Å². The molecular formula is C10H18N2. The Morgan fingerprint density at radius 3 is 3.00 bits per heavy atom. The molecule has 1 aliphatic heterocycles. The van der Waals surface area contributed by atoms with Gasteiger partial charge in [0.1, 0.15) is 0 Å². The van der Waals surface area contributed by atoms with Crippen LogP contribution in [0.15, 0.2) is 0 Å². The molecule has 1 unspecified atom stereocenters. The molecule has 1 N–H and O–H groups in total. The van der Waals surface area contributed by atoms with E-state index in [2.05, 4.69) is 30.0 Å². The molecule has 0 radical (unpaired) electrons. The lowest BCUT2D eigenvalue weighted by atomic mass is 10.1. The number of terminal acetylenes is 1. The van der Waals surface area contributed by atoms with Crippen molar-refractivity contribution in [2.24, 2.45) is 0 Å². The van der Waals surface area contributed by atoms with E-state index in [-0.39, 0.29) is 0 Å². The van der Waals surface area contributed by atoms with E-state index in [9.17, 15) is 0 Å². The van der Waals surface area contributed by atoms with Gasteiger partial charge in [-0.1, -0.05) is 0 Å². The summed E-state index contributed by atoms with van der Waals surface area (Å²) in [5.74, 6) is 2.74. The lowest BCUT2D eigenvalue weighted by molar-refractivity contribution is 0.126. The van der Waals surface area contributed by atoms with Gasteiger partial charge in [0.2, 0.25) is 0 Å². The fourth-order valence-corrected chi connectivity index (χ4v) is 1.78. The van der Waals surface area contributed by atoms with Gasteiger partial charge < -0.3 is 5.32 Å². The minimum Gasteiger partial charge on any atom is -0.314 e. The molecule has 0 aromatic rings. The van der Waals surface area contributed by atoms with Crippen molar-refractivity contribution in [2.75, 3.05) is 19.6 Å². The summed E-state index contributed by atoms with van der Waals surface area (Å²) in [6.07, 6.45) is 6.18. The van der Waals surface area contributed by atoms with Crippen molar-refractivity contribution in [3.8, 4) is 12.3 Å². The molecular weight excluding hydrogens is 148 g/mol. The maximum absolute atomic E-state index is 5.32. The Labute approximate surface area is 75.3 Å². The number of nitrogens with zero attached hydrogens (tertiary/aromatic N) is 1. The van der Waals surface area contributed by atoms with Crippen molar-refractivity contribution < 1.29 is 0 Å². The van der Waals surface area contributed by atoms with Gasteiger partial charge in [-0.2, -0.15) is 0 Å². The topological polar surface area (TPSA) is 15.3 Å². The maximum Gasteiger partial charge on any atom is 0.0333 e. The normalized spacial score (nSPS) is 25.7. The molecule has 0 saturated carbocycles. The molecule has 1 heterocycles. The van der Waals surface area contributed by atoms with E-state index in [1.54, 1.807) is 0 Å². The van der Waals surface area contributed by atoms with Gasteiger partial charge in [-0.25, -0.2) is 0 Å². The molecule has 1 saturated heterocycles. The van der Waals surface area contributed by atoms with Crippen molar-refractivity contribution in [3.63, 3.8) is 0 Å². The van der Waals surface area contributed by atoms with E-state index in [0.717, 1.165) is 26.1 Å². The van der Waals surface area contributed by atoms with E-state index in [1.807, 2.05) is 0 Å². The third-order valence-electron chi connectivity index (χ3n) is 2.41. The second kappa shape index (κ2) is 4.49. The van der Waals surface area contributed by atoms with Gasteiger partial charge in [0, 0.05) is 38.1 Å². The fourth-order valence-electron chi connectivity index (χ4n) is 1.78. The van der Waals surface area contributed by atoms with Crippen LogP contribution in [0.25, 0.3) is 0 Å². The zero-order valence-electron chi connectivity index (χ0n) is 8.01.